The van der Waals surface area contributed by atoms with Crippen molar-refractivity contribution in [2.24, 2.45) is 11.7 Å². The summed E-state index contributed by atoms with van der Waals surface area (Å²) in [5.41, 5.74) is 7.72. The van der Waals surface area contributed by atoms with Crippen LogP contribution in [0.15, 0.2) is 24.4 Å². The molecule has 1 aromatic carbocycles. The molecule has 2 aliphatic rings. The fourth-order valence-corrected chi connectivity index (χ4v) is 5.61. The molecule has 0 unspecified atom stereocenters. The van der Waals surface area contributed by atoms with Gasteiger partial charge in [-0.3, -0.25) is 9.36 Å². The van der Waals surface area contributed by atoms with Crippen molar-refractivity contribution >= 4 is 57.9 Å². The van der Waals surface area contributed by atoms with E-state index in [0.29, 0.717) is 27.5 Å². The van der Waals surface area contributed by atoms with E-state index in [1.807, 2.05) is 0 Å². The summed E-state index contributed by atoms with van der Waals surface area (Å²) in [5.74, 6) is 0.879. The van der Waals surface area contributed by atoms with E-state index in [1.54, 1.807) is 24.4 Å². The smallest absolute Gasteiger partial charge is 0.224 e. The largest absolute Gasteiger partial charge is 0.378 e. The normalized spacial score (nSPS) is 24.9. The Hall–Kier alpha value is -2.62. The summed E-state index contributed by atoms with van der Waals surface area (Å²) in [6.45, 7) is 2.80. The molecule has 9 nitrogen and oxygen atoms in total. The standard InChI is InChI=1S/C24H29Cl2N7O2/c1-13-8-17(6-7-35-13)29-23-28-12-20-22(32-23)33(19-4-2-14(3-5-19)21(27)34)24(31-20)30-18-10-15(25)9-16(26)11-18/h9-14,17,19H,2-8H2,1H3,(H2,27,34)(H,30,31)(H,28,29,32)/t13-,14?,17-,19?/m0/s1. The summed E-state index contributed by atoms with van der Waals surface area (Å²) in [6, 6.07) is 5.64. The SMILES string of the molecule is C[C@H]1C[C@@H](Nc2ncc3nc(Nc4cc(Cl)cc(Cl)c4)n(C4CCC(C(N)=O)CC4)c3n2)CCO1. The second kappa shape index (κ2) is 10.2. The highest BCUT2D eigenvalue weighted by molar-refractivity contribution is 6.35. The molecule has 4 N–H and O–H groups in total. The zero-order valence-electron chi connectivity index (χ0n) is 19.5. The van der Waals surface area contributed by atoms with Crippen molar-refractivity contribution in [1.29, 1.82) is 0 Å². The summed E-state index contributed by atoms with van der Waals surface area (Å²) >= 11 is 12.4. The summed E-state index contributed by atoms with van der Waals surface area (Å²) in [7, 11) is 0. The first-order valence-electron chi connectivity index (χ1n) is 12.0. The van der Waals surface area contributed by atoms with Crippen molar-refractivity contribution in [3.8, 4) is 0 Å². The molecule has 0 radical (unpaired) electrons. The molecule has 2 aromatic heterocycles. The number of imidazole rings is 1. The van der Waals surface area contributed by atoms with Crippen LogP contribution in [0.3, 0.4) is 0 Å². The van der Waals surface area contributed by atoms with E-state index in [4.69, 9.17) is 43.6 Å². The van der Waals surface area contributed by atoms with Crippen LogP contribution in [-0.4, -0.2) is 44.2 Å². The number of benzene rings is 1. The van der Waals surface area contributed by atoms with Gasteiger partial charge in [-0.25, -0.2) is 9.97 Å². The number of primary amides is 1. The fraction of sp³-hybridized carbons (Fsp3) is 0.500. The number of aromatic nitrogens is 4. The highest BCUT2D eigenvalue weighted by atomic mass is 35.5. The van der Waals surface area contributed by atoms with Crippen molar-refractivity contribution in [3.05, 3.63) is 34.4 Å². The number of hydrogen-bond acceptors (Lipinski definition) is 7. The van der Waals surface area contributed by atoms with Crippen molar-refractivity contribution in [2.45, 2.75) is 63.6 Å². The molecule has 1 amide bonds. The van der Waals surface area contributed by atoms with Crippen LogP contribution >= 0.6 is 23.2 Å². The topological polar surface area (TPSA) is 120 Å². The molecule has 2 atom stereocenters. The van der Waals surface area contributed by atoms with E-state index in [9.17, 15) is 4.79 Å². The molecule has 2 fully saturated rings. The number of amides is 1. The van der Waals surface area contributed by atoms with Gasteiger partial charge in [0.15, 0.2) is 5.65 Å². The molecule has 11 heteroatoms. The Bertz CT molecular complexity index is 1210. The molecule has 35 heavy (non-hydrogen) atoms. The van der Waals surface area contributed by atoms with Gasteiger partial charge in [-0.1, -0.05) is 23.2 Å². The van der Waals surface area contributed by atoms with Crippen LogP contribution in [0.25, 0.3) is 11.2 Å². The number of nitrogens with one attached hydrogen (secondary N) is 2. The molecule has 1 aliphatic carbocycles. The van der Waals surface area contributed by atoms with Crippen molar-refractivity contribution in [3.63, 3.8) is 0 Å². The first-order valence-corrected chi connectivity index (χ1v) is 12.8. The summed E-state index contributed by atoms with van der Waals surface area (Å²) < 4.78 is 7.77. The Balaban J connectivity index is 1.49. The third-order valence-electron chi connectivity index (χ3n) is 6.83. The average molecular weight is 518 g/mol. The quantitative estimate of drug-likeness (QED) is 0.417. The minimum Gasteiger partial charge on any atom is -0.378 e. The van der Waals surface area contributed by atoms with Gasteiger partial charge >= 0.3 is 0 Å². The van der Waals surface area contributed by atoms with E-state index in [0.717, 1.165) is 56.5 Å². The maximum atomic E-state index is 11.7. The first kappa shape index (κ1) is 24.1. The van der Waals surface area contributed by atoms with Crippen LogP contribution in [-0.2, 0) is 9.53 Å². The molecule has 3 heterocycles. The number of halogens is 2. The Morgan fingerprint density at radius 3 is 2.54 bits per heavy atom. The summed E-state index contributed by atoms with van der Waals surface area (Å²) in [4.78, 5) is 25.9. The number of hydrogen-bond donors (Lipinski definition) is 3. The minimum absolute atomic E-state index is 0.0912. The lowest BCUT2D eigenvalue weighted by atomic mass is 9.85. The lowest BCUT2D eigenvalue weighted by Gasteiger charge is -2.29. The van der Waals surface area contributed by atoms with Crippen LogP contribution in [0.4, 0.5) is 17.6 Å². The zero-order chi connectivity index (χ0) is 24.5. The van der Waals surface area contributed by atoms with E-state index >= 15 is 0 Å². The maximum Gasteiger partial charge on any atom is 0.224 e. The fourth-order valence-electron chi connectivity index (χ4n) is 5.08. The molecule has 1 saturated carbocycles. The van der Waals surface area contributed by atoms with Crippen molar-refractivity contribution < 1.29 is 9.53 Å². The lowest BCUT2D eigenvalue weighted by Crippen LogP contribution is -2.33. The number of rotatable bonds is 6. The number of fused-ring (bicyclic) bond motifs is 1. The van der Waals surface area contributed by atoms with Gasteiger partial charge in [0.1, 0.15) is 5.52 Å². The van der Waals surface area contributed by atoms with Gasteiger partial charge in [0.25, 0.3) is 0 Å². The maximum absolute atomic E-state index is 11.7. The van der Waals surface area contributed by atoms with Crippen molar-refractivity contribution in [1.82, 2.24) is 19.5 Å². The molecule has 0 bridgehead atoms. The highest BCUT2D eigenvalue weighted by Crippen LogP contribution is 2.37. The van der Waals surface area contributed by atoms with E-state index < -0.39 is 0 Å². The zero-order valence-corrected chi connectivity index (χ0v) is 21.0. The van der Waals surface area contributed by atoms with Gasteiger partial charge in [0.2, 0.25) is 17.8 Å². The van der Waals surface area contributed by atoms with Gasteiger partial charge in [0, 0.05) is 40.3 Å². The van der Waals surface area contributed by atoms with Crippen LogP contribution in [0.2, 0.25) is 10.0 Å². The predicted molar refractivity (Wildman–Crippen MR) is 137 cm³/mol. The number of anilines is 3. The Morgan fingerprint density at radius 1 is 1.11 bits per heavy atom. The Morgan fingerprint density at radius 2 is 1.86 bits per heavy atom. The molecule has 0 spiro atoms. The second-order valence-electron chi connectivity index (χ2n) is 9.45. The van der Waals surface area contributed by atoms with Crippen LogP contribution < -0.4 is 16.4 Å². The molecule has 5 rings (SSSR count). The number of ether oxygens (including phenoxy) is 1. The van der Waals surface area contributed by atoms with Gasteiger partial charge in [-0.15, -0.1) is 0 Å². The minimum atomic E-state index is -0.231. The monoisotopic (exact) mass is 517 g/mol. The van der Waals surface area contributed by atoms with E-state index in [2.05, 4.69) is 27.1 Å². The Labute approximate surface area is 213 Å². The third-order valence-corrected chi connectivity index (χ3v) is 7.27. The highest BCUT2D eigenvalue weighted by Gasteiger charge is 2.29. The number of nitrogens with zero attached hydrogens (tertiary/aromatic N) is 4. The van der Waals surface area contributed by atoms with Gasteiger partial charge in [-0.2, -0.15) is 4.98 Å². The number of nitrogens with two attached hydrogens (primary N) is 1. The van der Waals surface area contributed by atoms with Crippen LogP contribution in [0, 0.1) is 5.92 Å². The van der Waals surface area contributed by atoms with Gasteiger partial charge in [0.05, 0.1) is 12.3 Å². The molecular weight excluding hydrogens is 489 g/mol. The summed E-state index contributed by atoms with van der Waals surface area (Å²) in [5, 5.41) is 7.90. The second-order valence-corrected chi connectivity index (χ2v) is 10.3. The predicted octanol–water partition coefficient (Wildman–Crippen LogP) is 5.07. The number of carbonyl (C=O) groups excluding carboxylic acids is 1. The van der Waals surface area contributed by atoms with E-state index in [-0.39, 0.29) is 30.0 Å². The van der Waals surface area contributed by atoms with Crippen LogP contribution in [0.1, 0.15) is 51.5 Å². The third kappa shape index (κ3) is 5.47. The molecule has 1 aliphatic heterocycles. The number of carbonyl (C=O) groups is 1. The van der Waals surface area contributed by atoms with Gasteiger partial charge < -0.3 is 21.1 Å². The van der Waals surface area contributed by atoms with Crippen LogP contribution in [0.5, 0.6) is 0 Å². The average Bonchev–Trinajstić information content (AvgIpc) is 3.15. The molecule has 1 saturated heterocycles. The molecule has 3 aromatic rings. The first-order chi connectivity index (χ1) is 16.9. The van der Waals surface area contributed by atoms with Gasteiger partial charge in [-0.05, 0) is 63.6 Å². The van der Waals surface area contributed by atoms with Crippen molar-refractivity contribution in [2.75, 3.05) is 17.2 Å². The molecular formula is C24H29Cl2N7O2. The molecule has 186 valence electrons. The summed E-state index contributed by atoms with van der Waals surface area (Å²) in [6.07, 6.45) is 6.83. The lowest BCUT2D eigenvalue weighted by molar-refractivity contribution is -0.122. The Kier molecular flexibility index (Phi) is 7.00. The van der Waals surface area contributed by atoms with E-state index in [1.165, 1.54) is 0 Å².